The average molecular weight is 451 g/mol. The average Bonchev–Trinajstić information content (AvgIpc) is 3.09. The van der Waals surface area contributed by atoms with Crippen molar-refractivity contribution >= 4 is 33.4 Å². The Hall–Kier alpha value is -2.38. The summed E-state index contributed by atoms with van der Waals surface area (Å²) in [5, 5.41) is 8.47. The minimum atomic E-state index is -0.232. The van der Waals surface area contributed by atoms with Crippen LogP contribution in [0.5, 0.6) is 5.75 Å². The van der Waals surface area contributed by atoms with Crippen LogP contribution in [0.3, 0.4) is 0 Å². The van der Waals surface area contributed by atoms with E-state index in [-0.39, 0.29) is 19.1 Å². The topological polar surface area (TPSA) is 68.5 Å². The van der Waals surface area contributed by atoms with Crippen molar-refractivity contribution in [3.05, 3.63) is 63.4 Å². The maximum Gasteiger partial charge on any atom is 0.260 e. The summed E-state index contributed by atoms with van der Waals surface area (Å²) in [6.07, 6.45) is 0. The molecule has 0 bridgehead atoms. The van der Waals surface area contributed by atoms with Crippen molar-refractivity contribution in [2.45, 2.75) is 13.5 Å². The van der Waals surface area contributed by atoms with Gasteiger partial charge in [-0.05, 0) is 37.3 Å². The molecule has 6 nitrogen and oxygen atoms in total. The smallest absolute Gasteiger partial charge is 0.260 e. The van der Waals surface area contributed by atoms with Crippen molar-refractivity contribution in [3.63, 3.8) is 0 Å². The lowest BCUT2D eigenvalue weighted by molar-refractivity contribution is -0.132. The van der Waals surface area contributed by atoms with Crippen molar-refractivity contribution in [2.75, 3.05) is 13.7 Å². The largest absolute Gasteiger partial charge is 0.482 e. The number of hydrogen-bond acceptors (Lipinski definition) is 5. The highest BCUT2D eigenvalue weighted by Crippen LogP contribution is 2.27. The number of carbonyl (C=O) groups excluding carboxylic acids is 1. The summed E-state index contributed by atoms with van der Waals surface area (Å²) in [6, 6.07) is 13.0. The van der Waals surface area contributed by atoms with Gasteiger partial charge in [0.1, 0.15) is 5.75 Å². The number of nitrogens with zero attached hydrogens (tertiary/aromatic N) is 3. The van der Waals surface area contributed by atoms with Gasteiger partial charge in [0.05, 0.1) is 11.6 Å². The Morgan fingerprint density at radius 2 is 1.96 bits per heavy atom. The van der Waals surface area contributed by atoms with Crippen LogP contribution in [0.1, 0.15) is 11.5 Å². The Morgan fingerprint density at radius 1 is 1.22 bits per heavy atom. The summed E-state index contributed by atoms with van der Waals surface area (Å²) < 4.78 is 12.0. The van der Waals surface area contributed by atoms with Gasteiger partial charge in [0.25, 0.3) is 5.91 Å². The second-order valence-electron chi connectivity index (χ2n) is 5.98. The highest BCUT2D eigenvalue weighted by Gasteiger charge is 2.15. The van der Waals surface area contributed by atoms with E-state index in [1.165, 1.54) is 4.90 Å². The normalized spacial score (nSPS) is 10.7. The molecule has 0 aliphatic carbocycles. The summed E-state index contributed by atoms with van der Waals surface area (Å²) in [7, 11) is 1.64. The van der Waals surface area contributed by atoms with Crippen molar-refractivity contribution < 1.29 is 13.9 Å². The second-order valence-corrected chi connectivity index (χ2v) is 7.30. The van der Waals surface area contributed by atoms with Gasteiger partial charge in [-0.3, -0.25) is 4.79 Å². The molecule has 0 spiro atoms. The second kappa shape index (κ2) is 8.54. The summed E-state index contributed by atoms with van der Waals surface area (Å²) in [5.41, 5.74) is 1.98. The molecule has 0 N–H and O–H groups in total. The van der Waals surface area contributed by atoms with Crippen LogP contribution in [0.25, 0.3) is 11.5 Å². The van der Waals surface area contributed by atoms with Gasteiger partial charge >= 0.3 is 0 Å². The number of ether oxygens (including phenoxy) is 1. The Balaban J connectivity index is 1.57. The van der Waals surface area contributed by atoms with Crippen LogP contribution in [0.2, 0.25) is 5.02 Å². The lowest BCUT2D eigenvalue weighted by Gasteiger charge is -2.15. The van der Waals surface area contributed by atoms with Gasteiger partial charge in [-0.15, -0.1) is 10.2 Å². The van der Waals surface area contributed by atoms with Crippen LogP contribution >= 0.6 is 27.5 Å². The number of carbonyl (C=O) groups is 1. The summed E-state index contributed by atoms with van der Waals surface area (Å²) in [6.45, 7) is 2.05. The van der Waals surface area contributed by atoms with Crippen LogP contribution in [-0.4, -0.2) is 34.7 Å². The van der Waals surface area contributed by atoms with Crippen LogP contribution in [0, 0.1) is 6.92 Å². The van der Waals surface area contributed by atoms with Crippen LogP contribution < -0.4 is 4.74 Å². The van der Waals surface area contributed by atoms with Crippen molar-refractivity contribution in [1.82, 2.24) is 15.1 Å². The van der Waals surface area contributed by atoms with Crippen molar-refractivity contribution in [1.29, 1.82) is 0 Å². The predicted molar refractivity (Wildman–Crippen MR) is 106 cm³/mol. The van der Waals surface area contributed by atoms with E-state index < -0.39 is 0 Å². The van der Waals surface area contributed by atoms with E-state index in [0.717, 1.165) is 15.6 Å². The lowest BCUT2D eigenvalue weighted by atomic mass is 10.1. The fourth-order valence-electron chi connectivity index (χ4n) is 2.26. The number of hydrogen-bond donors (Lipinski definition) is 0. The standard InChI is InChI=1S/C19H17BrClN3O3/c1-12-3-5-13(6-4-12)19-23-22-17(27-19)10-24(2)18(25)11-26-16-8-7-14(20)9-15(16)21/h3-9H,10-11H2,1-2H3. The third kappa shape index (κ3) is 5.08. The third-order valence-corrected chi connectivity index (χ3v) is 4.60. The molecule has 0 radical (unpaired) electrons. The van der Waals surface area contributed by atoms with E-state index >= 15 is 0 Å². The molecule has 140 valence electrons. The monoisotopic (exact) mass is 449 g/mol. The van der Waals surface area contributed by atoms with Gasteiger partial charge in [-0.25, -0.2) is 0 Å². The molecule has 2 aromatic carbocycles. The molecule has 3 rings (SSSR count). The van der Waals surface area contributed by atoms with Gasteiger partial charge in [-0.2, -0.15) is 0 Å². The van der Waals surface area contributed by atoms with E-state index in [2.05, 4.69) is 26.1 Å². The molecule has 8 heteroatoms. The molecule has 1 heterocycles. The maximum absolute atomic E-state index is 12.3. The quantitative estimate of drug-likeness (QED) is 0.553. The molecule has 1 aromatic heterocycles. The Bertz CT molecular complexity index is 944. The Kier molecular flexibility index (Phi) is 6.13. The lowest BCUT2D eigenvalue weighted by Crippen LogP contribution is -2.31. The molecule has 0 aliphatic rings. The molecule has 0 atom stereocenters. The van der Waals surface area contributed by atoms with Crippen LogP contribution in [-0.2, 0) is 11.3 Å². The van der Waals surface area contributed by atoms with Gasteiger partial charge in [-0.1, -0.05) is 45.2 Å². The van der Waals surface area contributed by atoms with Gasteiger partial charge in [0.15, 0.2) is 6.61 Å². The number of amides is 1. The van der Waals surface area contributed by atoms with E-state index in [9.17, 15) is 4.79 Å². The molecular weight excluding hydrogens is 434 g/mol. The first-order valence-electron chi connectivity index (χ1n) is 8.13. The zero-order valence-corrected chi connectivity index (χ0v) is 17.1. The van der Waals surface area contributed by atoms with Gasteiger partial charge in [0.2, 0.25) is 11.8 Å². The van der Waals surface area contributed by atoms with Gasteiger partial charge in [0, 0.05) is 17.1 Å². The number of aryl methyl sites for hydroxylation is 1. The summed E-state index contributed by atoms with van der Waals surface area (Å²) in [4.78, 5) is 13.7. The molecule has 0 fully saturated rings. The number of benzene rings is 2. The first-order chi connectivity index (χ1) is 12.9. The van der Waals surface area contributed by atoms with E-state index in [0.29, 0.717) is 22.6 Å². The first kappa shape index (κ1) is 19.4. The zero-order valence-electron chi connectivity index (χ0n) is 14.8. The maximum atomic E-state index is 12.3. The predicted octanol–water partition coefficient (Wildman–Crippen LogP) is 4.50. The first-order valence-corrected chi connectivity index (χ1v) is 9.30. The zero-order chi connectivity index (χ0) is 19.4. The SMILES string of the molecule is Cc1ccc(-c2nnc(CN(C)C(=O)COc3ccc(Br)cc3Cl)o2)cc1. The fourth-order valence-corrected chi connectivity index (χ4v) is 2.99. The fraction of sp³-hybridized carbons (Fsp3) is 0.211. The minimum Gasteiger partial charge on any atom is -0.482 e. The number of likely N-dealkylation sites (N-methyl/N-ethyl adjacent to an activating group) is 1. The van der Waals surface area contributed by atoms with Crippen molar-refractivity contribution in [3.8, 4) is 17.2 Å². The molecule has 0 aliphatic heterocycles. The number of rotatable bonds is 6. The van der Waals surface area contributed by atoms with E-state index in [1.54, 1.807) is 25.2 Å². The summed E-state index contributed by atoms with van der Waals surface area (Å²) in [5.74, 6) is 0.983. The Labute approximate surface area is 170 Å². The number of halogens is 2. The van der Waals surface area contributed by atoms with Crippen LogP contribution in [0.4, 0.5) is 0 Å². The highest BCUT2D eigenvalue weighted by molar-refractivity contribution is 9.10. The molecule has 1 amide bonds. The molecule has 27 heavy (non-hydrogen) atoms. The Morgan fingerprint density at radius 3 is 2.67 bits per heavy atom. The minimum absolute atomic E-state index is 0.142. The molecule has 0 unspecified atom stereocenters. The molecular formula is C19H17BrClN3O3. The molecule has 0 saturated heterocycles. The summed E-state index contributed by atoms with van der Waals surface area (Å²) >= 11 is 9.40. The molecule has 0 saturated carbocycles. The molecule has 3 aromatic rings. The third-order valence-electron chi connectivity index (χ3n) is 3.81. The van der Waals surface area contributed by atoms with Crippen molar-refractivity contribution in [2.24, 2.45) is 0 Å². The van der Waals surface area contributed by atoms with Crippen LogP contribution in [0.15, 0.2) is 51.4 Å². The number of aromatic nitrogens is 2. The highest BCUT2D eigenvalue weighted by atomic mass is 79.9. The van der Waals surface area contributed by atoms with E-state index in [1.807, 2.05) is 31.2 Å². The van der Waals surface area contributed by atoms with Gasteiger partial charge < -0.3 is 14.1 Å². The van der Waals surface area contributed by atoms with E-state index in [4.69, 9.17) is 20.8 Å².